The van der Waals surface area contributed by atoms with Gasteiger partial charge in [-0.05, 0) is 12.1 Å². The predicted molar refractivity (Wildman–Crippen MR) is 69.1 cm³/mol. The van der Waals surface area contributed by atoms with E-state index in [2.05, 4.69) is 4.98 Å². The number of nitrogens with zero attached hydrogens (tertiary/aromatic N) is 2. The third-order valence-electron chi connectivity index (χ3n) is 3.01. The van der Waals surface area contributed by atoms with Gasteiger partial charge in [0.2, 0.25) is 0 Å². The van der Waals surface area contributed by atoms with Crippen LogP contribution in [0.3, 0.4) is 0 Å². The smallest absolute Gasteiger partial charge is 0.300 e. The summed E-state index contributed by atoms with van der Waals surface area (Å²) in [5.41, 5.74) is 2.71. The van der Waals surface area contributed by atoms with E-state index >= 15 is 0 Å². The number of amides is 1. The number of aromatic nitrogens is 2. The Morgan fingerprint density at radius 1 is 1.33 bits per heavy atom. The van der Waals surface area contributed by atoms with Crippen molar-refractivity contribution in [2.75, 3.05) is 0 Å². The molecule has 0 unspecified atom stereocenters. The predicted octanol–water partition coefficient (Wildman–Crippen LogP) is 1.56. The van der Waals surface area contributed by atoms with Gasteiger partial charge in [0, 0.05) is 12.1 Å². The maximum atomic E-state index is 13.3. The summed E-state index contributed by atoms with van der Waals surface area (Å²) in [6, 6.07) is 5.15. The highest BCUT2D eigenvalue weighted by Gasteiger charge is 2.12. The summed E-state index contributed by atoms with van der Waals surface area (Å²) >= 11 is 0. The van der Waals surface area contributed by atoms with E-state index in [0.717, 1.165) is 12.1 Å². The van der Waals surface area contributed by atoms with Crippen molar-refractivity contribution in [3.05, 3.63) is 53.7 Å². The molecule has 0 radical (unpaired) electrons. The number of rotatable bonds is 3. The van der Waals surface area contributed by atoms with Gasteiger partial charge in [-0.3, -0.25) is 10.2 Å². The van der Waals surface area contributed by atoms with E-state index in [-0.39, 0.29) is 12.3 Å². The molecule has 1 aromatic carbocycles. The van der Waals surface area contributed by atoms with Gasteiger partial charge in [0.15, 0.2) is 17.4 Å². The molecule has 0 aliphatic rings. The number of halogens is 2. The highest BCUT2D eigenvalue weighted by Crippen LogP contribution is 2.19. The van der Waals surface area contributed by atoms with Gasteiger partial charge in [-0.25, -0.2) is 19.6 Å². The van der Waals surface area contributed by atoms with Crippen LogP contribution in [0.5, 0.6) is 0 Å². The average molecular weight is 292 g/mol. The number of carbonyl (C=O) groups is 1. The molecule has 0 spiro atoms. The summed E-state index contributed by atoms with van der Waals surface area (Å²) in [4.78, 5) is 15.3. The fourth-order valence-electron chi connectivity index (χ4n) is 2.00. The highest BCUT2D eigenvalue weighted by molar-refractivity contribution is 5.90. The van der Waals surface area contributed by atoms with Crippen molar-refractivity contribution in [3.8, 4) is 0 Å². The van der Waals surface area contributed by atoms with Crippen molar-refractivity contribution >= 4 is 16.9 Å². The number of nitrogens with two attached hydrogens (primary N) is 1. The van der Waals surface area contributed by atoms with E-state index in [9.17, 15) is 13.6 Å². The molecule has 21 heavy (non-hydrogen) atoms. The minimum Gasteiger partial charge on any atom is -0.454 e. The lowest BCUT2D eigenvalue weighted by Crippen LogP contribution is -2.29. The molecule has 3 N–H and O–H groups in total. The fourth-order valence-corrected chi connectivity index (χ4v) is 2.00. The van der Waals surface area contributed by atoms with E-state index in [1.165, 1.54) is 12.4 Å². The number of fused-ring (bicyclic) bond motifs is 1. The summed E-state index contributed by atoms with van der Waals surface area (Å²) in [6.07, 6.45) is 1.44. The Morgan fingerprint density at radius 3 is 2.86 bits per heavy atom. The first-order valence-electron chi connectivity index (χ1n) is 5.98. The second-order valence-corrected chi connectivity index (χ2v) is 4.37. The van der Waals surface area contributed by atoms with Gasteiger partial charge in [0.05, 0.1) is 23.9 Å². The molecule has 6 nitrogen and oxygen atoms in total. The Bertz CT molecular complexity index is 825. The number of furan rings is 1. The van der Waals surface area contributed by atoms with Gasteiger partial charge < -0.3 is 8.98 Å². The lowest BCUT2D eigenvalue weighted by Gasteiger charge is -2.02. The van der Waals surface area contributed by atoms with Crippen LogP contribution in [0.4, 0.5) is 8.78 Å². The van der Waals surface area contributed by atoms with Gasteiger partial charge in [0.25, 0.3) is 0 Å². The molecule has 0 atom stereocenters. The zero-order valence-electron chi connectivity index (χ0n) is 10.6. The van der Waals surface area contributed by atoms with Gasteiger partial charge >= 0.3 is 5.91 Å². The number of hydrazine groups is 1. The number of nitrogen functional groups attached to an aromatic ring is 1. The van der Waals surface area contributed by atoms with Gasteiger partial charge in [0.1, 0.15) is 5.76 Å². The molecule has 3 aromatic rings. The molecule has 108 valence electrons. The second-order valence-electron chi connectivity index (χ2n) is 4.37. The first kappa shape index (κ1) is 13.3. The van der Waals surface area contributed by atoms with Crippen LogP contribution in [0.25, 0.3) is 11.0 Å². The van der Waals surface area contributed by atoms with Crippen LogP contribution in [-0.4, -0.2) is 15.5 Å². The van der Waals surface area contributed by atoms with Crippen molar-refractivity contribution in [2.24, 2.45) is 5.84 Å². The van der Waals surface area contributed by atoms with E-state index < -0.39 is 17.5 Å². The topological polar surface area (TPSA) is 86.1 Å². The maximum absolute atomic E-state index is 13.3. The Hall–Kier alpha value is -2.74. The molecular formula is C13H10F2N4O2. The highest BCUT2D eigenvalue weighted by atomic mass is 19.2. The lowest BCUT2D eigenvalue weighted by atomic mass is 10.3. The molecule has 1 amide bonds. The van der Waals surface area contributed by atoms with Crippen LogP contribution in [0.2, 0.25) is 0 Å². The third kappa shape index (κ3) is 2.36. The first-order chi connectivity index (χ1) is 10.1. The summed E-state index contributed by atoms with van der Waals surface area (Å²) in [6.45, 7) is 0.222. The summed E-state index contributed by atoms with van der Waals surface area (Å²) in [5.74, 6) is 3.07. The molecule has 2 aromatic heterocycles. The summed E-state index contributed by atoms with van der Waals surface area (Å²) < 4.78 is 33.3. The molecule has 0 bridgehead atoms. The molecule has 0 saturated carbocycles. The fraction of sp³-hybridized carbons (Fsp3) is 0.0769. The third-order valence-corrected chi connectivity index (χ3v) is 3.01. The van der Waals surface area contributed by atoms with Crippen LogP contribution in [0, 0.1) is 11.6 Å². The average Bonchev–Trinajstić information content (AvgIpc) is 3.08. The van der Waals surface area contributed by atoms with Crippen molar-refractivity contribution in [1.82, 2.24) is 15.0 Å². The molecular weight excluding hydrogens is 282 g/mol. The number of hydrogen-bond acceptors (Lipinski definition) is 4. The molecule has 0 saturated heterocycles. The maximum Gasteiger partial charge on any atom is 0.300 e. The molecule has 3 rings (SSSR count). The first-order valence-corrected chi connectivity index (χ1v) is 5.98. The van der Waals surface area contributed by atoms with Crippen molar-refractivity contribution in [3.63, 3.8) is 0 Å². The summed E-state index contributed by atoms with van der Waals surface area (Å²) in [5, 5.41) is 0. The van der Waals surface area contributed by atoms with E-state index in [4.69, 9.17) is 10.3 Å². The van der Waals surface area contributed by atoms with E-state index in [1.54, 1.807) is 10.6 Å². The number of nitrogens with one attached hydrogen (secondary N) is 1. The monoisotopic (exact) mass is 292 g/mol. The number of benzene rings is 1. The standard InChI is InChI=1S/C13H10F2N4O2/c14-8-3-10-11(4-9(8)15)19(6-17-10)5-7-1-2-12(21-7)13(20)18-16/h1-4,6H,5,16H2,(H,18,20). The Kier molecular flexibility index (Phi) is 3.15. The quantitative estimate of drug-likeness (QED) is 0.436. The largest absolute Gasteiger partial charge is 0.454 e. The van der Waals surface area contributed by atoms with Crippen LogP contribution in [-0.2, 0) is 6.54 Å². The Balaban J connectivity index is 1.93. The number of imidazole rings is 1. The van der Waals surface area contributed by atoms with Gasteiger partial charge in [-0.1, -0.05) is 0 Å². The van der Waals surface area contributed by atoms with Crippen LogP contribution < -0.4 is 11.3 Å². The Labute approximate surface area is 117 Å². The van der Waals surface area contributed by atoms with Crippen LogP contribution in [0.1, 0.15) is 16.3 Å². The molecule has 2 heterocycles. The number of carbonyl (C=O) groups excluding carboxylic acids is 1. The van der Waals surface area contributed by atoms with E-state index in [0.29, 0.717) is 16.8 Å². The SMILES string of the molecule is NNC(=O)c1ccc(Cn2cnc3cc(F)c(F)cc32)o1. The van der Waals surface area contributed by atoms with E-state index in [1.807, 2.05) is 5.43 Å². The van der Waals surface area contributed by atoms with Crippen molar-refractivity contribution in [2.45, 2.75) is 6.54 Å². The lowest BCUT2D eigenvalue weighted by molar-refractivity contribution is 0.0924. The van der Waals surface area contributed by atoms with Crippen LogP contribution in [0.15, 0.2) is 35.0 Å². The van der Waals surface area contributed by atoms with Crippen molar-refractivity contribution in [1.29, 1.82) is 0 Å². The minimum absolute atomic E-state index is 0.0640. The summed E-state index contributed by atoms with van der Waals surface area (Å²) in [7, 11) is 0. The van der Waals surface area contributed by atoms with Crippen molar-refractivity contribution < 1.29 is 18.0 Å². The van der Waals surface area contributed by atoms with Crippen LogP contribution >= 0.6 is 0 Å². The van der Waals surface area contributed by atoms with Gasteiger partial charge in [-0.2, -0.15) is 0 Å². The zero-order valence-corrected chi connectivity index (χ0v) is 10.6. The molecule has 0 aliphatic heterocycles. The Morgan fingerprint density at radius 2 is 2.10 bits per heavy atom. The normalized spacial score (nSPS) is 11.0. The number of hydrogen-bond donors (Lipinski definition) is 2. The zero-order chi connectivity index (χ0) is 15.0. The minimum atomic E-state index is -0.952. The molecule has 0 aliphatic carbocycles. The second kappa shape index (κ2) is 4.98. The molecule has 8 heteroatoms. The molecule has 0 fully saturated rings. The van der Waals surface area contributed by atoms with Gasteiger partial charge in [-0.15, -0.1) is 0 Å².